The number of anilines is 2. The van der Waals surface area contributed by atoms with Crippen LogP contribution in [0.15, 0.2) is 48.5 Å². The van der Waals surface area contributed by atoms with Gasteiger partial charge in [0.05, 0.1) is 22.7 Å². The monoisotopic (exact) mass is 415 g/mol. The van der Waals surface area contributed by atoms with Crippen molar-refractivity contribution in [2.45, 2.75) is 19.8 Å². The Morgan fingerprint density at radius 2 is 1.66 bits per heavy atom. The molecule has 1 fully saturated rings. The van der Waals surface area contributed by atoms with Crippen molar-refractivity contribution in [2.75, 3.05) is 35.5 Å². The van der Waals surface area contributed by atoms with Crippen LogP contribution in [0.2, 0.25) is 0 Å². The maximum atomic E-state index is 12.7. The number of carbonyl (C=O) groups is 2. The van der Waals surface area contributed by atoms with Crippen molar-refractivity contribution in [3.05, 3.63) is 59.7 Å². The number of benzene rings is 2. The van der Waals surface area contributed by atoms with Gasteiger partial charge in [0.1, 0.15) is 0 Å². The van der Waals surface area contributed by atoms with Gasteiger partial charge in [0, 0.05) is 25.7 Å². The van der Waals surface area contributed by atoms with Gasteiger partial charge in [-0.15, -0.1) is 0 Å². The Balaban J connectivity index is 1.76. The van der Waals surface area contributed by atoms with Crippen molar-refractivity contribution < 1.29 is 18.0 Å². The van der Waals surface area contributed by atoms with Crippen LogP contribution in [-0.2, 0) is 10.0 Å². The summed E-state index contributed by atoms with van der Waals surface area (Å²) in [4.78, 5) is 27.2. The SMILES string of the molecule is CCS(=O)(=O)N(C)c1ccc(C(=O)Nc2ccccc2C(=O)N2CCCC2)cc1. The van der Waals surface area contributed by atoms with E-state index in [9.17, 15) is 18.0 Å². The van der Waals surface area contributed by atoms with Crippen LogP contribution in [0.1, 0.15) is 40.5 Å². The quantitative estimate of drug-likeness (QED) is 0.786. The van der Waals surface area contributed by atoms with Crippen LogP contribution < -0.4 is 9.62 Å². The molecule has 7 nitrogen and oxygen atoms in total. The molecule has 8 heteroatoms. The van der Waals surface area contributed by atoms with E-state index in [1.165, 1.54) is 11.4 Å². The minimum atomic E-state index is -3.37. The Morgan fingerprint density at radius 3 is 2.28 bits per heavy atom. The number of carbonyl (C=O) groups excluding carboxylic acids is 2. The molecule has 0 spiro atoms. The smallest absolute Gasteiger partial charge is 0.255 e. The lowest BCUT2D eigenvalue weighted by Crippen LogP contribution is -2.29. The summed E-state index contributed by atoms with van der Waals surface area (Å²) in [5.74, 6) is -0.451. The van der Waals surface area contributed by atoms with Gasteiger partial charge >= 0.3 is 0 Å². The predicted octanol–water partition coefficient (Wildman–Crippen LogP) is 2.96. The fourth-order valence-electron chi connectivity index (χ4n) is 3.24. The van der Waals surface area contributed by atoms with E-state index in [2.05, 4.69) is 5.32 Å². The number of nitrogens with zero attached hydrogens (tertiary/aromatic N) is 2. The first kappa shape index (κ1) is 20.9. The number of rotatable bonds is 6. The second-order valence-corrected chi connectivity index (χ2v) is 9.20. The van der Waals surface area contributed by atoms with Crippen LogP contribution in [0, 0.1) is 0 Å². The van der Waals surface area contributed by atoms with Crippen molar-refractivity contribution in [3.63, 3.8) is 0 Å². The molecule has 1 aliphatic heterocycles. The number of hydrogen-bond donors (Lipinski definition) is 1. The van der Waals surface area contributed by atoms with E-state index in [0.29, 0.717) is 22.5 Å². The van der Waals surface area contributed by atoms with Crippen molar-refractivity contribution in [1.82, 2.24) is 4.90 Å². The lowest BCUT2D eigenvalue weighted by molar-refractivity contribution is 0.0794. The molecule has 0 radical (unpaired) electrons. The third-order valence-electron chi connectivity index (χ3n) is 5.07. The van der Waals surface area contributed by atoms with Crippen LogP contribution in [0.25, 0.3) is 0 Å². The molecule has 0 bridgehead atoms. The Kier molecular flexibility index (Phi) is 6.22. The second kappa shape index (κ2) is 8.65. The van der Waals surface area contributed by atoms with Crippen LogP contribution in [0.3, 0.4) is 0 Å². The number of likely N-dealkylation sites (tertiary alicyclic amines) is 1. The van der Waals surface area contributed by atoms with Crippen molar-refractivity contribution in [3.8, 4) is 0 Å². The minimum Gasteiger partial charge on any atom is -0.339 e. The van der Waals surface area contributed by atoms with Gasteiger partial charge < -0.3 is 10.2 Å². The first-order valence-electron chi connectivity index (χ1n) is 9.60. The average Bonchev–Trinajstić information content (AvgIpc) is 3.28. The normalized spacial score (nSPS) is 13.9. The molecule has 1 heterocycles. The van der Waals surface area contributed by atoms with Gasteiger partial charge in [0.2, 0.25) is 10.0 Å². The van der Waals surface area contributed by atoms with Gasteiger partial charge in [-0.05, 0) is 56.2 Å². The molecule has 0 aromatic heterocycles. The molecule has 3 rings (SSSR count). The van der Waals surface area contributed by atoms with E-state index in [1.807, 2.05) is 0 Å². The first-order chi connectivity index (χ1) is 13.8. The molecular weight excluding hydrogens is 390 g/mol. The highest BCUT2D eigenvalue weighted by Gasteiger charge is 2.22. The summed E-state index contributed by atoms with van der Waals surface area (Å²) in [5, 5.41) is 2.80. The van der Waals surface area contributed by atoms with E-state index in [0.717, 1.165) is 25.9 Å². The van der Waals surface area contributed by atoms with Gasteiger partial charge in [0.15, 0.2) is 0 Å². The molecular formula is C21H25N3O4S. The summed E-state index contributed by atoms with van der Waals surface area (Å²) < 4.78 is 25.2. The minimum absolute atomic E-state index is 0.00638. The molecule has 154 valence electrons. The molecule has 2 amide bonds. The fraction of sp³-hybridized carbons (Fsp3) is 0.333. The van der Waals surface area contributed by atoms with E-state index >= 15 is 0 Å². The Labute approximate surface area is 171 Å². The van der Waals surface area contributed by atoms with Crippen molar-refractivity contribution >= 4 is 33.2 Å². The Morgan fingerprint density at radius 1 is 1.03 bits per heavy atom. The van der Waals surface area contributed by atoms with E-state index in [1.54, 1.807) is 60.4 Å². The third kappa shape index (κ3) is 4.59. The fourth-order valence-corrected chi connectivity index (χ4v) is 4.07. The van der Waals surface area contributed by atoms with Gasteiger partial charge in [-0.25, -0.2) is 8.42 Å². The molecule has 1 N–H and O–H groups in total. The molecule has 2 aromatic rings. The maximum Gasteiger partial charge on any atom is 0.255 e. The number of amides is 2. The lowest BCUT2D eigenvalue weighted by atomic mass is 10.1. The van der Waals surface area contributed by atoms with Gasteiger partial charge in [-0.3, -0.25) is 13.9 Å². The molecule has 1 aliphatic rings. The zero-order valence-electron chi connectivity index (χ0n) is 16.6. The number of hydrogen-bond acceptors (Lipinski definition) is 4. The number of para-hydroxylation sites is 1. The highest BCUT2D eigenvalue weighted by Crippen LogP contribution is 2.22. The van der Waals surface area contributed by atoms with Crippen LogP contribution >= 0.6 is 0 Å². The lowest BCUT2D eigenvalue weighted by Gasteiger charge is -2.19. The topological polar surface area (TPSA) is 86.8 Å². The summed E-state index contributed by atoms with van der Waals surface area (Å²) in [5.41, 5.74) is 1.78. The molecule has 1 saturated heterocycles. The molecule has 0 saturated carbocycles. The maximum absolute atomic E-state index is 12.7. The Hall–Kier alpha value is -2.87. The van der Waals surface area contributed by atoms with Gasteiger partial charge in [-0.1, -0.05) is 12.1 Å². The summed E-state index contributed by atoms with van der Waals surface area (Å²) in [6.07, 6.45) is 1.99. The number of sulfonamides is 1. The van der Waals surface area contributed by atoms with Gasteiger partial charge in [-0.2, -0.15) is 0 Å². The van der Waals surface area contributed by atoms with E-state index < -0.39 is 10.0 Å². The molecule has 2 aromatic carbocycles. The molecule has 0 atom stereocenters. The van der Waals surface area contributed by atoms with Crippen LogP contribution in [-0.4, -0.2) is 51.0 Å². The van der Waals surface area contributed by atoms with Gasteiger partial charge in [0.25, 0.3) is 11.8 Å². The van der Waals surface area contributed by atoms with Crippen molar-refractivity contribution in [1.29, 1.82) is 0 Å². The summed E-state index contributed by atoms with van der Waals surface area (Å²) in [6, 6.07) is 13.3. The molecule has 0 aliphatic carbocycles. The zero-order chi connectivity index (χ0) is 21.0. The largest absolute Gasteiger partial charge is 0.339 e. The van der Waals surface area contributed by atoms with Crippen molar-refractivity contribution in [2.24, 2.45) is 0 Å². The van der Waals surface area contributed by atoms with Crippen LogP contribution in [0.4, 0.5) is 11.4 Å². The highest BCUT2D eigenvalue weighted by atomic mass is 32.2. The number of nitrogens with one attached hydrogen (secondary N) is 1. The summed E-state index contributed by atoms with van der Waals surface area (Å²) in [6.45, 7) is 3.04. The van der Waals surface area contributed by atoms with E-state index in [-0.39, 0.29) is 17.6 Å². The average molecular weight is 416 g/mol. The second-order valence-electron chi connectivity index (χ2n) is 6.91. The molecule has 0 unspecified atom stereocenters. The molecule has 29 heavy (non-hydrogen) atoms. The van der Waals surface area contributed by atoms with E-state index in [4.69, 9.17) is 0 Å². The Bertz CT molecular complexity index is 997. The van der Waals surface area contributed by atoms with Crippen LogP contribution in [0.5, 0.6) is 0 Å². The zero-order valence-corrected chi connectivity index (χ0v) is 17.4. The standard InChI is InChI=1S/C21H25N3O4S/c1-3-29(27,28)23(2)17-12-10-16(11-13-17)20(25)22-19-9-5-4-8-18(19)21(26)24-14-6-7-15-24/h4-5,8-13H,3,6-7,14-15H2,1-2H3,(H,22,25). The first-order valence-corrected chi connectivity index (χ1v) is 11.2. The third-order valence-corrected chi connectivity index (χ3v) is 6.85. The summed E-state index contributed by atoms with van der Waals surface area (Å²) in [7, 11) is -1.89. The summed E-state index contributed by atoms with van der Waals surface area (Å²) >= 11 is 0. The highest BCUT2D eigenvalue weighted by molar-refractivity contribution is 7.92. The predicted molar refractivity (Wildman–Crippen MR) is 114 cm³/mol.